The summed E-state index contributed by atoms with van der Waals surface area (Å²) < 4.78 is 0. The lowest BCUT2D eigenvalue weighted by molar-refractivity contribution is 0.605. The Morgan fingerprint density at radius 3 is 2.71 bits per heavy atom. The van der Waals surface area contributed by atoms with E-state index in [4.69, 9.17) is 0 Å². The molecule has 88 valence electrons. The maximum Gasteiger partial charge on any atom is 0.0910 e. The van der Waals surface area contributed by atoms with Gasteiger partial charge in [-0.1, -0.05) is 38.1 Å². The van der Waals surface area contributed by atoms with E-state index in [1.165, 1.54) is 5.39 Å². The molecule has 3 heteroatoms. The van der Waals surface area contributed by atoms with Gasteiger partial charge in [0.05, 0.1) is 17.3 Å². The van der Waals surface area contributed by atoms with Crippen molar-refractivity contribution in [2.45, 2.75) is 26.3 Å². The van der Waals surface area contributed by atoms with Crippen molar-refractivity contribution >= 4 is 17.1 Å². The smallest absolute Gasteiger partial charge is 0.0910 e. The Morgan fingerprint density at radius 2 is 1.94 bits per heavy atom. The molecule has 0 amide bonds. The first-order valence-corrected chi connectivity index (χ1v) is 6.06. The third-order valence-electron chi connectivity index (χ3n) is 2.64. The average Bonchev–Trinajstić information content (AvgIpc) is 2.94. The van der Waals surface area contributed by atoms with Gasteiger partial charge in [-0.25, -0.2) is 0 Å². The molecule has 0 spiro atoms. The van der Waals surface area contributed by atoms with Crippen LogP contribution in [0.5, 0.6) is 0 Å². The number of benzene rings is 1. The molecule has 0 saturated heterocycles. The van der Waals surface area contributed by atoms with Crippen molar-refractivity contribution in [2.75, 3.05) is 0 Å². The molecule has 0 bridgehead atoms. The van der Waals surface area contributed by atoms with Gasteiger partial charge in [0.1, 0.15) is 0 Å². The van der Waals surface area contributed by atoms with Gasteiger partial charge in [-0.2, -0.15) is 5.10 Å². The second-order valence-corrected chi connectivity index (χ2v) is 3.66. The summed E-state index contributed by atoms with van der Waals surface area (Å²) in [6.45, 7) is 4.00. The monoisotopic (exact) mass is 227 g/mol. The molecule has 1 aliphatic rings. The van der Waals surface area contributed by atoms with Crippen molar-refractivity contribution in [3.05, 3.63) is 42.1 Å². The molecule has 1 atom stereocenters. The zero-order valence-electron chi connectivity index (χ0n) is 10.2. The lowest BCUT2D eigenvalue weighted by atomic mass is 10.1. The fraction of sp³-hybridized carbons (Fsp3) is 0.286. The molecule has 0 radical (unpaired) electrons. The first-order valence-electron chi connectivity index (χ1n) is 6.06. The number of nitrogens with one attached hydrogen (secondary N) is 1. The largest absolute Gasteiger partial charge is 0.301 e. The van der Waals surface area contributed by atoms with Crippen LogP contribution < -0.4 is 5.43 Å². The van der Waals surface area contributed by atoms with Crippen LogP contribution in [-0.4, -0.2) is 11.2 Å². The SMILES string of the molecule is C1=NNC(c2ccc3ccccc3n2)C1.CC. The van der Waals surface area contributed by atoms with Gasteiger partial charge in [-0.3, -0.25) is 4.98 Å². The lowest BCUT2D eigenvalue weighted by Gasteiger charge is -2.09. The molecule has 3 rings (SSSR count). The molecule has 1 aromatic carbocycles. The molecule has 2 heterocycles. The minimum Gasteiger partial charge on any atom is -0.301 e. The van der Waals surface area contributed by atoms with E-state index in [0.29, 0.717) is 0 Å². The Kier molecular flexibility index (Phi) is 3.70. The van der Waals surface area contributed by atoms with E-state index in [1.807, 2.05) is 38.3 Å². The number of para-hydroxylation sites is 1. The molecule has 1 aliphatic heterocycles. The number of rotatable bonds is 1. The fourth-order valence-electron chi connectivity index (χ4n) is 1.82. The van der Waals surface area contributed by atoms with E-state index < -0.39 is 0 Å². The first-order chi connectivity index (χ1) is 8.43. The summed E-state index contributed by atoms with van der Waals surface area (Å²) in [5.41, 5.74) is 5.15. The predicted octanol–water partition coefficient (Wildman–Crippen LogP) is 3.28. The van der Waals surface area contributed by atoms with Crippen molar-refractivity contribution in [3.63, 3.8) is 0 Å². The maximum absolute atomic E-state index is 4.61. The van der Waals surface area contributed by atoms with Gasteiger partial charge >= 0.3 is 0 Å². The second-order valence-electron chi connectivity index (χ2n) is 3.66. The van der Waals surface area contributed by atoms with Gasteiger partial charge in [0.2, 0.25) is 0 Å². The van der Waals surface area contributed by atoms with E-state index in [-0.39, 0.29) is 6.04 Å². The molecule has 0 fully saturated rings. The topological polar surface area (TPSA) is 37.3 Å². The fourth-order valence-corrected chi connectivity index (χ4v) is 1.82. The second kappa shape index (κ2) is 5.43. The summed E-state index contributed by atoms with van der Waals surface area (Å²) in [5, 5.41) is 5.19. The van der Waals surface area contributed by atoms with Gasteiger partial charge in [0.25, 0.3) is 0 Å². The standard InChI is InChI=1S/C12H11N3.C2H6/c1-2-4-10-9(3-1)5-6-11(14-10)12-7-8-13-15-12;1-2/h1-6,8,12,15H,7H2;1-2H3. The Bertz CT molecular complexity index is 512. The van der Waals surface area contributed by atoms with Crippen molar-refractivity contribution in [2.24, 2.45) is 5.10 Å². The van der Waals surface area contributed by atoms with Crippen LogP contribution in [0.2, 0.25) is 0 Å². The number of hydrogen-bond acceptors (Lipinski definition) is 3. The molecule has 17 heavy (non-hydrogen) atoms. The van der Waals surface area contributed by atoms with Gasteiger partial charge < -0.3 is 5.43 Å². The number of hydrogen-bond donors (Lipinski definition) is 1. The number of hydrazone groups is 1. The Morgan fingerprint density at radius 1 is 1.12 bits per heavy atom. The molecule has 1 unspecified atom stereocenters. The van der Waals surface area contributed by atoms with Crippen LogP contribution in [0.4, 0.5) is 0 Å². The van der Waals surface area contributed by atoms with E-state index in [0.717, 1.165) is 17.6 Å². The van der Waals surface area contributed by atoms with Crippen LogP contribution in [0.25, 0.3) is 10.9 Å². The van der Waals surface area contributed by atoms with Gasteiger partial charge in [-0.05, 0) is 12.1 Å². The highest BCUT2D eigenvalue weighted by molar-refractivity contribution is 5.78. The summed E-state index contributed by atoms with van der Waals surface area (Å²) in [6.07, 6.45) is 2.81. The zero-order chi connectivity index (χ0) is 12.1. The number of nitrogens with zero attached hydrogens (tertiary/aromatic N) is 2. The van der Waals surface area contributed by atoms with Crippen LogP contribution >= 0.6 is 0 Å². The quantitative estimate of drug-likeness (QED) is 0.811. The molecular weight excluding hydrogens is 210 g/mol. The number of aromatic nitrogens is 1. The third kappa shape index (κ3) is 2.44. The Balaban J connectivity index is 0.000000514. The van der Waals surface area contributed by atoms with Crippen LogP contribution in [0.15, 0.2) is 41.5 Å². The molecule has 0 saturated carbocycles. The minimum absolute atomic E-state index is 0.245. The summed E-state index contributed by atoms with van der Waals surface area (Å²) in [4.78, 5) is 4.61. The normalized spacial score (nSPS) is 17.4. The predicted molar refractivity (Wildman–Crippen MR) is 72.1 cm³/mol. The van der Waals surface area contributed by atoms with Crippen molar-refractivity contribution in [1.29, 1.82) is 0 Å². The highest BCUT2D eigenvalue weighted by atomic mass is 15.3. The van der Waals surface area contributed by atoms with Crippen molar-refractivity contribution < 1.29 is 0 Å². The van der Waals surface area contributed by atoms with E-state index in [9.17, 15) is 0 Å². The Hall–Kier alpha value is -1.90. The lowest BCUT2D eigenvalue weighted by Crippen LogP contribution is -2.11. The molecule has 1 N–H and O–H groups in total. The molecule has 3 nitrogen and oxygen atoms in total. The van der Waals surface area contributed by atoms with E-state index in [2.05, 4.69) is 33.7 Å². The summed E-state index contributed by atoms with van der Waals surface area (Å²) in [6, 6.07) is 12.6. The summed E-state index contributed by atoms with van der Waals surface area (Å²) in [5.74, 6) is 0. The van der Waals surface area contributed by atoms with Crippen LogP contribution in [0.1, 0.15) is 32.0 Å². The first kappa shape index (κ1) is 11.6. The van der Waals surface area contributed by atoms with Crippen LogP contribution in [-0.2, 0) is 0 Å². The van der Waals surface area contributed by atoms with Gasteiger partial charge in [-0.15, -0.1) is 0 Å². The van der Waals surface area contributed by atoms with E-state index >= 15 is 0 Å². The highest BCUT2D eigenvalue weighted by Gasteiger charge is 2.14. The number of fused-ring (bicyclic) bond motifs is 1. The van der Waals surface area contributed by atoms with Crippen LogP contribution in [0, 0.1) is 0 Å². The maximum atomic E-state index is 4.61. The summed E-state index contributed by atoms with van der Waals surface area (Å²) >= 11 is 0. The van der Waals surface area contributed by atoms with Crippen LogP contribution in [0.3, 0.4) is 0 Å². The third-order valence-corrected chi connectivity index (χ3v) is 2.64. The highest BCUT2D eigenvalue weighted by Crippen LogP contribution is 2.20. The van der Waals surface area contributed by atoms with E-state index in [1.54, 1.807) is 0 Å². The van der Waals surface area contributed by atoms with Crippen molar-refractivity contribution in [3.8, 4) is 0 Å². The zero-order valence-corrected chi connectivity index (χ0v) is 10.2. The van der Waals surface area contributed by atoms with Crippen molar-refractivity contribution in [1.82, 2.24) is 10.4 Å². The molecular formula is C14H17N3. The average molecular weight is 227 g/mol. The molecule has 1 aromatic heterocycles. The Labute approximate surface area is 102 Å². The minimum atomic E-state index is 0.245. The molecule has 2 aromatic rings. The van der Waals surface area contributed by atoms with Gasteiger partial charge in [0, 0.05) is 18.0 Å². The number of pyridine rings is 1. The molecule has 0 aliphatic carbocycles. The summed E-state index contributed by atoms with van der Waals surface area (Å²) in [7, 11) is 0. The van der Waals surface area contributed by atoms with Gasteiger partial charge in [0.15, 0.2) is 0 Å².